The second-order valence-corrected chi connectivity index (χ2v) is 6.06. The van der Waals surface area contributed by atoms with Gasteiger partial charge in [0.1, 0.15) is 0 Å². The first kappa shape index (κ1) is 14.6. The second kappa shape index (κ2) is 4.97. The number of halogens is 2. The number of hydrogen-bond acceptors (Lipinski definition) is 2. The lowest BCUT2D eigenvalue weighted by Crippen LogP contribution is -2.45. The van der Waals surface area contributed by atoms with Crippen molar-refractivity contribution in [3.8, 4) is 0 Å². The van der Waals surface area contributed by atoms with Gasteiger partial charge >= 0.3 is 0 Å². The molecule has 2 aliphatic rings. The van der Waals surface area contributed by atoms with Gasteiger partial charge in [-0.05, 0) is 43.4 Å². The summed E-state index contributed by atoms with van der Waals surface area (Å²) < 4.78 is 0. The molecule has 3 nitrogen and oxygen atoms in total. The average Bonchev–Trinajstić information content (AvgIpc) is 3.25. The standard InChI is InChI=1S/C14H17ClN2O.ClH/c15-11-3-1-10(2-4-11)13(5-6-13)9-17-12(18)14(16)7-8-14;/h1-4H,5-9,16H2,(H,17,18);1H. The predicted molar refractivity (Wildman–Crippen MR) is 78.8 cm³/mol. The maximum atomic E-state index is 11.8. The highest BCUT2D eigenvalue weighted by molar-refractivity contribution is 6.30. The van der Waals surface area contributed by atoms with Gasteiger partial charge < -0.3 is 11.1 Å². The second-order valence-electron chi connectivity index (χ2n) is 5.63. The van der Waals surface area contributed by atoms with E-state index in [0.29, 0.717) is 6.54 Å². The molecule has 2 aliphatic carbocycles. The highest BCUT2D eigenvalue weighted by Crippen LogP contribution is 2.48. The fourth-order valence-electron chi connectivity index (χ4n) is 2.31. The molecular formula is C14H18Cl2N2O. The SMILES string of the molecule is Cl.NC1(C(=O)NCC2(c3ccc(Cl)cc3)CC2)CC1. The van der Waals surface area contributed by atoms with Crippen LogP contribution in [-0.4, -0.2) is 18.0 Å². The summed E-state index contributed by atoms with van der Waals surface area (Å²) >= 11 is 5.89. The minimum absolute atomic E-state index is 0. The quantitative estimate of drug-likeness (QED) is 0.897. The van der Waals surface area contributed by atoms with E-state index in [1.807, 2.05) is 12.1 Å². The first-order valence-electron chi connectivity index (χ1n) is 6.37. The van der Waals surface area contributed by atoms with Gasteiger partial charge in [0.05, 0.1) is 5.54 Å². The number of nitrogens with two attached hydrogens (primary N) is 1. The molecule has 2 saturated carbocycles. The predicted octanol–water partition coefficient (Wildman–Crippen LogP) is 2.40. The fourth-order valence-corrected chi connectivity index (χ4v) is 2.44. The Labute approximate surface area is 124 Å². The van der Waals surface area contributed by atoms with E-state index in [9.17, 15) is 4.79 Å². The van der Waals surface area contributed by atoms with Crippen LogP contribution in [0.3, 0.4) is 0 Å². The van der Waals surface area contributed by atoms with Gasteiger partial charge in [-0.1, -0.05) is 23.7 Å². The summed E-state index contributed by atoms with van der Waals surface area (Å²) in [7, 11) is 0. The van der Waals surface area contributed by atoms with Crippen LogP contribution in [0.1, 0.15) is 31.2 Å². The van der Waals surface area contributed by atoms with Crippen LogP contribution in [-0.2, 0) is 10.2 Å². The van der Waals surface area contributed by atoms with E-state index in [-0.39, 0.29) is 23.7 Å². The third-order valence-electron chi connectivity index (χ3n) is 4.14. The molecule has 0 atom stereocenters. The Morgan fingerprint density at radius 1 is 1.21 bits per heavy atom. The number of hydrogen-bond donors (Lipinski definition) is 2. The molecule has 1 aromatic rings. The van der Waals surface area contributed by atoms with Gasteiger partial charge in [0, 0.05) is 17.0 Å². The highest BCUT2D eigenvalue weighted by atomic mass is 35.5. The van der Waals surface area contributed by atoms with Crippen molar-refractivity contribution in [2.24, 2.45) is 5.73 Å². The van der Waals surface area contributed by atoms with Crippen LogP contribution >= 0.6 is 24.0 Å². The van der Waals surface area contributed by atoms with Crippen LogP contribution in [0.25, 0.3) is 0 Å². The molecule has 2 fully saturated rings. The van der Waals surface area contributed by atoms with Crippen molar-refractivity contribution < 1.29 is 4.79 Å². The smallest absolute Gasteiger partial charge is 0.240 e. The van der Waals surface area contributed by atoms with Crippen LogP contribution in [0.15, 0.2) is 24.3 Å². The third kappa shape index (κ3) is 2.88. The molecule has 0 heterocycles. The fraction of sp³-hybridized carbons (Fsp3) is 0.500. The van der Waals surface area contributed by atoms with Crippen molar-refractivity contribution in [1.29, 1.82) is 0 Å². The van der Waals surface area contributed by atoms with Gasteiger partial charge in [0.15, 0.2) is 0 Å². The van der Waals surface area contributed by atoms with Gasteiger partial charge in [-0.3, -0.25) is 4.79 Å². The van der Waals surface area contributed by atoms with E-state index in [1.165, 1.54) is 5.56 Å². The van der Waals surface area contributed by atoms with Gasteiger partial charge in [-0.15, -0.1) is 12.4 Å². The van der Waals surface area contributed by atoms with Crippen LogP contribution < -0.4 is 11.1 Å². The zero-order valence-electron chi connectivity index (χ0n) is 10.6. The summed E-state index contributed by atoms with van der Waals surface area (Å²) in [6.07, 6.45) is 3.86. The molecule has 3 rings (SSSR count). The molecule has 0 aliphatic heterocycles. The molecule has 0 unspecified atom stereocenters. The maximum Gasteiger partial charge on any atom is 0.240 e. The monoisotopic (exact) mass is 300 g/mol. The molecule has 0 spiro atoms. The van der Waals surface area contributed by atoms with Crippen LogP contribution in [0.4, 0.5) is 0 Å². The number of rotatable bonds is 4. The van der Waals surface area contributed by atoms with Crippen LogP contribution in [0, 0.1) is 0 Å². The molecule has 1 amide bonds. The Morgan fingerprint density at radius 3 is 2.26 bits per heavy atom. The molecule has 104 valence electrons. The van der Waals surface area contributed by atoms with E-state index in [1.54, 1.807) is 0 Å². The number of benzene rings is 1. The molecule has 0 aromatic heterocycles. The third-order valence-corrected chi connectivity index (χ3v) is 4.39. The summed E-state index contributed by atoms with van der Waals surface area (Å²) in [6, 6.07) is 7.92. The number of amides is 1. The molecule has 1 aromatic carbocycles. The van der Waals surface area contributed by atoms with Crippen molar-refractivity contribution in [2.75, 3.05) is 6.54 Å². The Bertz CT molecular complexity index is 479. The first-order valence-corrected chi connectivity index (χ1v) is 6.75. The topological polar surface area (TPSA) is 55.1 Å². The summed E-state index contributed by atoms with van der Waals surface area (Å²) in [5.41, 5.74) is 6.67. The van der Waals surface area contributed by atoms with Crippen molar-refractivity contribution in [3.63, 3.8) is 0 Å². The minimum Gasteiger partial charge on any atom is -0.354 e. The summed E-state index contributed by atoms with van der Waals surface area (Å²) in [5.74, 6) is 0.00254. The molecule has 0 bridgehead atoms. The van der Waals surface area contributed by atoms with Crippen molar-refractivity contribution in [3.05, 3.63) is 34.9 Å². The van der Waals surface area contributed by atoms with E-state index in [0.717, 1.165) is 30.7 Å². The van der Waals surface area contributed by atoms with E-state index in [2.05, 4.69) is 17.4 Å². The van der Waals surface area contributed by atoms with Crippen LogP contribution in [0.5, 0.6) is 0 Å². The molecule has 19 heavy (non-hydrogen) atoms. The average molecular weight is 301 g/mol. The van der Waals surface area contributed by atoms with Gasteiger partial charge in [0.2, 0.25) is 5.91 Å². The summed E-state index contributed by atoms with van der Waals surface area (Å²) in [4.78, 5) is 11.8. The van der Waals surface area contributed by atoms with E-state index in [4.69, 9.17) is 17.3 Å². The molecule has 5 heteroatoms. The lowest BCUT2D eigenvalue weighted by Gasteiger charge is -2.18. The molecule has 0 radical (unpaired) electrons. The van der Waals surface area contributed by atoms with Gasteiger partial charge in [-0.25, -0.2) is 0 Å². The largest absolute Gasteiger partial charge is 0.354 e. The van der Waals surface area contributed by atoms with Gasteiger partial charge in [-0.2, -0.15) is 0 Å². The number of carbonyl (C=O) groups excluding carboxylic acids is 1. The van der Waals surface area contributed by atoms with Crippen molar-refractivity contribution in [2.45, 2.75) is 36.6 Å². The van der Waals surface area contributed by atoms with Crippen molar-refractivity contribution in [1.82, 2.24) is 5.32 Å². The molecule has 3 N–H and O–H groups in total. The minimum atomic E-state index is -0.573. The highest BCUT2D eigenvalue weighted by Gasteiger charge is 2.49. The summed E-state index contributed by atoms with van der Waals surface area (Å²) in [5, 5.41) is 3.75. The lowest BCUT2D eigenvalue weighted by atomic mass is 9.96. The van der Waals surface area contributed by atoms with E-state index < -0.39 is 5.54 Å². The first-order chi connectivity index (χ1) is 8.54. The van der Waals surface area contributed by atoms with Crippen LogP contribution in [0.2, 0.25) is 5.02 Å². The Kier molecular flexibility index (Phi) is 3.83. The zero-order valence-corrected chi connectivity index (χ0v) is 12.2. The zero-order chi connectivity index (χ0) is 12.8. The Morgan fingerprint density at radius 2 is 1.79 bits per heavy atom. The lowest BCUT2D eigenvalue weighted by molar-refractivity contribution is -0.123. The molecule has 0 saturated heterocycles. The number of nitrogens with one attached hydrogen (secondary N) is 1. The van der Waals surface area contributed by atoms with Crippen molar-refractivity contribution >= 4 is 29.9 Å². The number of carbonyl (C=O) groups is 1. The maximum absolute atomic E-state index is 11.8. The van der Waals surface area contributed by atoms with E-state index >= 15 is 0 Å². The van der Waals surface area contributed by atoms with Gasteiger partial charge in [0.25, 0.3) is 0 Å². The molecular weight excluding hydrogens is 283 g/mol. The normalized spacial score (nSPS) is 21.2. The summed E-state index contributed by atoms with van der Waals surface area (Å²) in [6.45, 7) is 0.687. The Balaban J connectivity index is 0.00000133. The Hall–Kier alpha value is -0.770.